The maximum atomic E-state index is 5.39. The van der Waals surface area contributed by atoms with Gasteiger partial charge in [0, 0.05) is 32.8 Å². The summed E-state index contributed by atoms with van der Waals surface area (Å²) in [5.74, 6) is 0.902. The van der Waals surface area contributed by atoms with Crippen molar-refractivity contribution < 1.29 is 0 Å². The van der Waals surface area contributed by atoms with E-state index in [2.05, 4.69) is 185 Å². The molecule has 0 unspecified atom stereocenters. The highest BCUT2D eigenvalue weighted by molar-refractivity contribution is 6.27. The van der Waals surface area contributed by atoms with Crippen LogP contribution in [-0.2, 0) is 0 Å². The first-order chi connectivity index (χ1) is 24.8. The Balaban J connectivity index is 1.18. The number of para-hydroxylation sites is 3. The average molecular weight is 636 g/mol. The van der Waals surface area contributed by atoms with Crippen molar-refractivity contribution in [2.75, 3.05) is 0 Å². The van der Waals surface area contributed by atoms with Gasteiger partial charge in [-0.05, 0) is 80.8 Å². The molecular weight excluding hydrogens is 607 g/mol. The van der Waals surface area contributed by atoms with Gasteiger partial charge < -0.3 is 4.57 Å². The number of pyridine rings is 1. The molecule has 11 rings (SSSR count). The summed E-state index contributed by atoms with van der Waals surface area (Å²) >= 11 is 0. The summed E-state index contributed by atoms with van der Waals surface area (Å²) in [5.41, 5.74) is 7.91. The Bertz CT molecular complexity index is 3110. The Kier molecular flexibility index (Phi) is 5.67. The summed E-state index contributed by atoms with van der Waals surface area (Å²) in [6.45, 7) is 0. The van der Waals surface area contributed by atoms with Gasteiger partial charge in [-0.15, -0.1) is 0 Å². The Morgan fingerprint density at radius 2 is 0.900 bits per heavy atom. The molecule has 0 saturated heterocycles. The molecule has 232 valence electrons. The zero-order valence-electron chi connectivity index (χ0n) is 27.1. The predicted octanol–water partition coefficient (Wildman–Crippen LogP) is 12.4. The third-order valence-electron chi connectivity index (χ3n) is 10.5. The molecule has 0 saturated carbocycles. The van der Waals surface area contributed by atoms with E-state index in [-0.39, 0.29) is 0 Å². The van der Waals surface area contributed by atoms with Gasteiger partial charge in [-0.2, -0.15) is 0 Å². The molecule has 50 heavy (non-hydrogen) atoms. The van der Waals surface area contributed by atoms with Crippen LogP contribution in [0.15, 0.2) is 176 Å². The second kappa shape index (κ2) is 10.4. The zero-order valence-corrected chi connectivity index (χ0v) is 27.1. The van der Waals surface area contributed by atoms with E-state index in [1.54, 1.807) is 0 Å². The predicted molar refractivity (Wildman–Crippen MR) is 211 cm³/mol. The van der Waals surface area contributed by atoms with Crippen molar-refractivity contribution in [3.05, 3.63) is 176 Å². The van der Waals surface area contributed by atoms with Crippen molar-refractivity contribution in [3.8, 4) is 22.8 Å². The highest BCUT2D eigenvalue weighted by atomic mass is 15.1. The number of hydrogen-bond donors (Lipinski definition) is 0. The first-order valence-electron chi connectivity index (χ1n) is 17.2. The van der Waals surface area contributed by atoms with Crippen molar-refractivity contribution in [2.24, 2.45) is 0 Å². The summed E-state index contributed by atoms with van der Waals surface area (Å²) in [6, 6.07) is 63.5. The number of rotatable bonds is 3. The molecule has 0 atom stereocenters. The quantitative estimate of drug-likeness (QED) is 0.177. The van der Waals surface area contributed by atoms with E-state index in [0.717, 1.165) is 33.8 Å². The molecular formula is C47H29N3. The molecule has 8 aromatic carbocycles. The lowest BCUT2D eigenvalue weighted by atomic mass is 9.93. The van der Waals surface area contributed by atoms with Crippen LogP contribution in [0.2, 0.25) is 0 Å². The van der Waals surface area contributed by atoms with Crippen molar-refractivity contribution in [1.82, 2.24) is 14.1 Å². The molecule has 0 radical (unpaired) electrons. The molecule has 0 bridgehead atoms. The van der Waals surface area contributed by atoms with Crippen LogP contribution in [0, 0.1) is 0 Å². The number of aromatic nitrogens is 3. The Morgan fingerprint density at radius 3 is 1.62 bits per heavy atom. The molecule has 0 amide bonds. The van der Waals surface area contributed by atoms with Gasteiger partial charge in [-0.25, -0.2) is 4.98 Å². The van der Waals surface area contributed by atoms with Crippen LogP contribution in [0.5, 0.6) is 0 Å². The molecule has 0 fully saturated rings. The van der Waals surface area contributed by atoms with Gasteiger partial charge >= 0.3 is 0 Å². The van der Waals surface area contributed by atoms with Gasteiger partial charge in [-0.1, -0.05) is 127 Å². The monoisotopic (exact) mass is 635 g/mol. The van der Waals surface area contributed by atoms with E-state index in [9.17, 15) is 0 Å². The fourth-order valence-electron chi connectivity index (χ4n) is 8.38. The number of benzene rings is 8. The first-order valence-corrected chi connectivity index (χ1v) is 17.2. The lowest BCUT2D eigenvalue weighted by molar-refractivity contribution is 1.08. The third kappa shape index (κ3) is 3.77. The lowest BCUT2D eigenvalue weighted by Gasteiger charge is -2.13. The van der Waals surface area contributed by atoms with Gasteiger partial charge in [0.1, 0.15) is 5.82 Å². The van der Waals surface area contributed by atoms with Crippen LogP contribution in [0.3, 0.4) is 0 Å². The van der Waals surface area contributed by atoms with Crippen molar-refractivity contribution in [3.63, 3.8) is 0 Å². The smallest absolute Gasteiger partial charge is 0.138 e. The number of hydrogen-bond acceptors (Lipinski definition) is 1. The second-order valence-corrected chi connectivity index (χ2v) is 13.1. The molecule has 0 aliphatic rings. The molecule has 3 heteroatoms. The van der Waals surface area contributed by atoms with E-state index >= 15 is 0 Å². The van der Waals surface area contributed by atoms with Crippen LogP contribution in [0.25, 0.3) is 98.7 Å². The first kappa shape index (κ1) is 27.3. The van der Waals surface area contributed by atoms with Gasteiger partial charge in [0.25, 0.3) is 0 Å². The highest BCUT2D eigenvalue weighted by Crippen LogP contribution is 2.42. The summed E-state index contributed by atoms with van der Waals surface area (Å²) in [4.78, 5) is 5.39. The molecule has 0 aliphatic carbocycles. The summed E-state index contributed by atoms with van der Waals surface area (Å²) in [6.07, 6.45) is 0. The Labute approximate surface area is 287 Å². The van der Waals surface area contributed by atoms with Crippen molar-refractivity contribution in [2.45, 2.75) is 0 Å². The molecule has 0 spiro atoms. The van der Waals surface area contributed by atoms with Crippen LogP contribution in [0.4, 0.5) is 0 Å². The summed E-state index contributed by atoms with van der Waals surface area (Å²) < 4.78 is 4.77. The fraction of sp³-hybridized carbons (Fsp3) is 0. The van der Waals surface area contributed by atoms with Crippen LogP contribution in [-0.4, -0.2) is 14.1 Å². The SMILES string of the molecule is c1ccc(-n2c3ccccc3c3ccc4c(c5ccccc5n4-c4cccc(-c5ccc6c7ccccc7c7ccccc7c6c5)n4)c32)cc1. The van der Waals surface area contributed by atoms with Crippen molar-refractivity contribution in [1.29, 1.82) is 0 Å². The minimum atomic E-state index is 0.902. The second-order valence-electron chi connectivity index (χ2n) is 13.1. The molecule has 0 aliphatic heterocycles. The van der Waals surface area contributed by atoms with Gasteiger partial charge in [0.2, 0.25) is 0 Å². The standard InChI is InChI=1S/C47H29N3/c1-2-13-31(14-3-1)49-42-22-10-8-19-37(42)38-27-28-44-46(47(38)49)39-20-9-11-23-43(39)50(44)45-24-12-21-41(48-45)30-25-26-36-34-17-5-4-15-32(34)33-16-6-7-18-35(33)40(36)29-30/h1-29H. The highest BCUT2D eigenvalue weighted by Gasteiger charge is 2.21. The van der Waals surface area contributed by atoms with E-state index in [1.807, 2.05) is 0 Å². The maximum Gasteiger partial charge on any atom is 0.138 e. The van der Waals surface area contributed by atoms with E-state index in [0.29, 0.717) is 0 Å². The Hall–Kier alpha value is -6.71. The minimum Gasteiger partial charge on any atom is -0.309 e. The van der Waals surface area contributed by atoms with E-state index < -0.39 is 0 Å². The van der Waals surface area contributed by atoms with Gasteiger partial charge in [0.15, 0.2) is 0 Å². The summed E-state index contributed by atoms with van der Waals surface area (Å²) in [5, 5.41) is 12.6. The average Bonchev–Trinajstić information content (AvgIpc) is 3.71. The normalized spacial score (nSPS) is 12.0. The number of fused-ring (bicyclic) bond motifs is 13. The zero-order chi connectivity index (χ0) is 32.8. The Morgan fingerprint density at radius 1 is 0.340 bits per heavy atom. The molecule has 3 aromatic heterocycles. The fourth-order valence-corrected chi connectivity index (χ4v) is 8.38. The third-order valence-corrected chi connectivity index (χ3v) is 10.5. The number of nitrogens with zero attached hydrogens (tertiary/aromatic N) is 3. The maximum absolute atomic E-state index is 5.39. The topological polar surface area (TPSA) is 22.8 Å². The van der Waals surface area contributed by atoms with Crippen LogP contribution in [0.1, 0.15) is 0 Å². The molecule has 0 N–H and O–H groups in total. The molecule has 11 aromatic rings. The molecule has 3 heterocycles. The lowest BCUT2D eigenvalue weighted by Crippen LogP contribution is -1.99. The molecule has 3 nitrogen and oxygen atoms in total. The summed E-state index contributed by atoms with van der Waals surface area (Å²) in [7, 11) is 0. The van der Waals surface area contributed by atoms with E-state index in [4.69, 9.17) is 4.98 Å². The van der Waals surface area contributed by atoms with E-state index in [1.165, 1.54) is 64.9 Å². The van der Waals surface area contributed by atoms with Crippen LogP contribution >= 0.6 is 0 Å². The largest absolute Gasteiger partial charge is 0.309 e. The van der Waals surface area contributed by atoms with Crippen LogP contribution < -0.4 is 0 Å². The van der Waals surface area contributed by atoms with Crippen molar-refractivity contribution >= 4 is 75.9 Å². The minimum absolute atomic E-state index is 0.902. The van der Waals surface area contributed by atoms with Gasteiger partial charge in [0.05, 0.1) is 27.8 Å². The van der Waals surface area contributed by atoms with Gasteiger partial charge in [-0.3, -0.25) is 4.57 Å².